The molecule has 1 aliphatic carbocycles. The zero-order valence-electron chi connectivity index (χ0n) is 8.71. The second-order valence-electron chi connectivity index (χ2n) is 4.44. The highest BCUT2D eigenvalue weighted by molar-refractivity contribution is 5.38. The van der Waals surface area contributed by atoms with E-state index in [4.69, 9.17) is 5.73 Å². The molecule has 0 spiro atoms. The minimum Gasteiger partial charge on any atom is -0.317 e. The van der Waals surface area contributed by atoms with Gasteiger partial charge in [0, 0.05) is 0 Å². The fourth-order valence-corrected chi connectivity index (χ4v) is 1.86. The van der Waals surface area contributed by atoms with Crippen LogP contribution in [0.5, 0.6) is 0 Å². The third kappa shape index (κ3) is 1.88. The van der Waals surface area contributed by atoms with Crippen LogP contribution in [-0.4, -0.2) is 6.43 Å². The number of hydrogen-bond donors (Lipinski definition) is 1. The molecular formula is C12H15F2N. The van der Waals surface area contributed by atoms with Crippen molar-refractivity contribution < 1.29 is 8.78 Å². The van der Waals surface area contributed by atoms with Crippen LogP contribution in [0.15, 0.2) is 24.3 Å². The van der Waals surface area contributed by atoms with Gasteiger partial charge >= 0.3 is 0 Å². The van der Waals surface area contributed by atoms with Gasteiger partial charge in [-0.25, -0.2) is 8.78 Å². The molecule has 2 rings (SSSR count). The molecule has 1 nitrogen and oxygen atoms in total. The number of hydrogen-bond acceptors (Lipinski definition) is 1. The largest absolute Gasteiger partial charge is 0.317 e. The normalized spacial score (nSPS) is 20.3. The summed E-state index contributed by atoms with van der Waals surface area (Å²) in [6, 6.07) is 7.30. The van der Waals surface area contributed by atoms with Crippen molar-refractivity contribution in [1.82, 2.24) is 0 Å². The van der Waals surface area contributed by atoms with Crippen LogP contribution >= 0.6 is 0 Å². The van der Waals surface area contributed by atoms with Gasteiger partial charge in [0.1, 0.15) is 0 Å². The Hall–Kier alpha value is -0.960. The SMILES string of the molecule is CC(N)(c1ccccc1C1CC1)C(F)F. The lowest BCUT2D eigenvalue weighted by molar-refractivity contribution is 0.0620. The van der Waals surface area contributed by atoms with E-state index in [0.29, 0.717) is 11.5 Å². The van der Waals surface area contributed by atoms with Gasteiger partial charge in [-0.1, -0.05) is 24.3 Å². The van der Waals surface area contributed by atoms with Crippen LogP contribution in [0, 0.1) is 0 Å². The molecule has 82 valence electrons. The molecule has 3 heteroatoms. The predicted octanol–water partition coefficient (Wildman–Crippen LogP) is 3.00. The topological polar surface area (TPSA) is 26.0 Å². The number of nitrogens with two attached hydrogens (primary N) is 1. The van der Waals surface area contributed by atoms with E-state index in [9.17, 15) is 8.78 Å². The molecule has 1 aliphatic rings. The highest BCUT2D eigenvalue weighted by atomic mass is 19.3. The predicted molar refractivity (Wildman–Crippen MR) is 56.0 cm³/mol. The van der Waals surface area contributed by atoms with Gasteiger partial charge < -0.3 is 5.73 Å². The Balaban J connectivity index is 2.42. The molecule has 15 heavy (non-hydrogen) atoms. The molecule has 0 bridgehead atoms. The summed E-state index contributed by atoms with van der Waals surface area (Å²) in [5.41, 5.74) is 5.77. The summed E-state index contributed by atoms with van der Waals surface area (Å²) >= 11 is 0. The Morgan fingerprint density at radius 1 is 1.33 bits per heavy atom. The van der Waals surface area contributed by atoms with Crippen LogP contribution in [0.3, 0.4) is 0 Å². The number of alkyl halides is 2. The standard InChI is InChI=1S/C12H15F2N/c1-12(15,11(13)14)10-5-3-2-4-9(10)8-6-7-8/h2-5,8,11H,6-7,15H2,1H3. The molecule has 1 unspecified atom stereocenters. The van der Waals surface area contributed by atoms with Gasteiger partial charge in [0.2, 0.25) is 0 Å². The van der Waals surface area contributed by atoms with Gasteiger partial charge in [0.05, 0.1) is 5.54 Å². The molecule has 0 aromatic heterocycles. The van der Waals surface area contributed by atoms with Crippen LogP contribution in [0.4, 0.5) is 8.78 Å². The van der Waals surface area contributed by atoms with Crippen molar-refractivity contribution >= 4 is 0 Å². The van der Waals surface area contributed by atoms with Crippen molar-refractivity contribution in [2.24, 2.45) is 5.73 Å². The van der Waals surface area contributed by atoms with E-state index < -0.39 is 12.0 Å². The Morgan fingerprint density at radius 3 is 2.47 bits per heavy atom. The zero-order chi connectivity index (χ0) is 11.1. The Labute approximate surface area is 88.3 Å². The van der Waals surface area contributed by atoms with Crippen molar-refractivity contribution in [2.45, 2.75) is 37.6 Å². The summed E-state index contributed by atoms with van der Waals surface area (Å²) in [4.78, 5) is 0. The highest BCUT2D eigenvalue weighted by Gasteiger charge is 2.37. The zero-order valence-corrected chi connectivity index (χ0v) is 8.71. The number of halogens is 2. The number of rotatable bonds is 3. The lowest BCUT2D eigenvalue weighted by Gasteiger charge is -2.26. The summed E-state index contributed by atoms with van der Waals surface area (Å²) in [5, 5.41) is 0. The summed E-state index contributed by atoms with van der Waals surface area (Å²) < 4.78 is 25.7. The fourth-order valence-electron chi connectivity index (χ4n) is 1.86. The van der Waals surface area contributed by atoms with Crippen molar-refractivity contribution in [2.75, 3.05) is 0 Å². The molecule has 0 heterocycles. The molecule has 1 fully saturated rings. The minimum atomic E-state index is -2.53. The van der Waals surface area contributed by atoms with E-state index in [1.54, 1.807) is 12.1 Å². The molecule has 1 aromatic rings. The average molecular weight is 211 g/mol. The van der Waals surface area contributed by atoms with Crippen LogP contribution < -0.4 is 5.73 Å². The van der Waals surface area contributed by atoms with E-state index in [0.717, 1.165) is 18.4 Å². The monoisotopic (exact) mass is 211 g/mol. The fraction of sp³-hybridized carbons (Fsp3) is 0.500. The smallest absolute Gasteiger partial charge is 0.260 e. The Morgan fingerprint density at radius 2 is 1.93 bits per heavy atom. The maximum Gasteiger partial charge on any atom is 0.260 e. The molecule has 2 N–H and O–H groups in total. The quantitative estimate of drug-likeness (QED) is 0.817. The number of benzene rings is 1. The third-order valence-corrected chi connectivity index (χ3v) is 3.01. The molecule has 0 aliphatic heterocycles. The molecule has 1 atom stereocenters. The molecular weight excluding hydrogens is 196 g/mol. The summed E-state index contributed by atoms with van der Waals surface area (Å²) in [6.45, 7) is 1.40. The lowest BCUT2D eigenvalue weighted by Crippen LogP contribution is -2.41. The van der Waals surface area contributed by atoms with E-state index in [2.05, 4.69) is 0 Å². The van der Waals surface area contributed by atoms with E-state index in [1.165, 1.54) is 6.92 Å². The maximum absolute atomic E-state index is 12.8. The van der Waals surface area contributed by atoms with Gasteiger partial charge in [0.25, 0.3) is 6.43 Å². The molecule has 0 saturated heterocycles. The Kier molecular flexibility index (Phi) is 2.51. The van der Waals surface area contributed by atoms with E-state index in [1.807, 2.05) is 12.1 Å². The van der Waals surface area contributed by atoms with Crippen LogP contribution in [0.1, 0.15) is 36.8 Å². The molecule has 0 amide bonds. The van der Waals surface area contributed by atoms with Gasteiger partial charge in [-0.05, 0) is 36.8 Å². The average Bonchev–Trinajstić information content (AvgIpc) is 3.00. The van der Waals surface area contributed by atoms with Gasteiger partial charge in [-0.15, -0.1) is 0 Å². The van der Waals surface area contributed by atoms with E-state index >= 15 is 0 Å². The van der Waals surface area contributed by atoms with Crippen molar-refractivity contribution in [3.8, 4) is 0 Å². The van der Waals surface area contributed by atoms with Gasteiger partial charge in [0.15, 0.2) is 0 Å². The Bertz CT molecular complexity index is 356. The van der Waals surface area contributed by atoms with Gasteiger partial charge in [-0.3, -0.25) is 0 Å². The summed E-state index contributed by atoms with van der Waals surface area (Å²) in [6.07, 6.45) is -0.343. The first-order chi connectivity index (χ1) is 7.03. The summed E-state index contributed by atoms with van der Waals surface area (Å²) in [7, 11) is 0. The highest BCUT2D eigenvalue weighted by Crippen LogP contribution is 2.44. The first kappa shape index (κ1) is 10.6. The van der Waals surface area contributed by atoms with Crippen LogP contribution in [0.25, 0.3) is 0 Å². The maximum atomic E-state index is 12.8. The van der Waals surface area contributed by atoms with Crippen LogP contribution in [0.2, 0.25) is 0 Å². The summed E-state index contributed by atoms with van der Waals surface area (Å²) in [5.74, 6) is 0.447. The third-order valence-electron chi connectivity index (χ3n) is 3.01. The first-order valence-electron chi connectivity index (χ1n) is 5.20. The van der Waals surface area contributed by atoms with Crippen molar-refractivity contribution in [1.29, 1.82) is 0 Å². The van der Waals surface area contributed by atoms with Gasteiger partial charge in [-0.2, -0.15) is 0 Å². The second kappa shape index (κ2) is 3.56. The van der Waals surface area contributed by atoms with E-state index in [-0.39, 0.29) is 0 Å². The molecule has 1 aromatic carbocycles. The minimum absolute atomic E-state index is 0.447. The van der Waals surface area contributed by atoms with Crippen molar-refractivity contribution in [3.63, 3.8) is 0 Å². The van der Waals surface area contributed by atoms with Crippen molar-refractivity contribution in [3.05, 3.63) is 35.4 Å². The molecule has 1 saturated carbocycles. The second-order valence-corrected chi connectivity index (χ2v) is 4.44. The first-order valence-corrected chi connectivity index (χ1v) is 5.20. The lowest BCUT2D eigenvalue weighted by atomic mass is 9.87. The molecule has 0 radical (unpaired) electrons. The van der Waals surface area contributed by atoms with Crippen LogP contribution in [-0.2, 0) is 5.54 Å².